The maximum Gasteiger partial charge on any atom is 0.279 e. The SMILES string of the molecule is Cc1ccc2c(c1)=C(c1sc(=S)n(N)c1O)C(=O)N=2. The molecule has 0 fully saturated rings. The van der Waals surface area contributed by atoms with Gasteiger partial charge in [-0.05, 0) is 31.3 Å². The Labute approximate surface area is 116 Å². The summed E-state index contributed by atoms with van der Waals surface area (Å²) in [5.74, 6) is 5.00. The Bertz CT molecular complexity index is 893. The molecule has 0 saturated carbocycles. The number of aromatic nitrogens is 1. The van der Waals surface area contributed by atoms with E-state index in [9.17, 15) is 9.90 Å². The van der Waals surface area contributed by atoms with Crippen molar-refractivity contribution in [3.63, 3.8) is 0 Å². The molecule has 2 aromatic rings. The van der Waals surface area contributed by atoms with Gasteiger partial charge in [-0.25, -0.2) is 9.67 Å². The number of rotatable bonds is 1. The first-order valence-electron chi connectivity index (χ1n) is 5.43. The Morgan fingerprint density at radius 1 is 1.47 bits per heavy atom. The summed E-state index contributed by atoms with van der Waals surface area (Å²) in [7, 11) is 0. The number of nitrogen functional groups attached to an aromatic ring is 1. The quantitative estimate of drug-likeness (QED) is 0.587. The Morgan fingerprint density at radius 3 is 2.84 bits per heavy atom. The van der Waals surface area contributed by atoms with Crippen molar-refractivity contribution in [2.24, 2.45) is 4.99 Å². The standard InChI is InChI=1S/C12H9N3O2S2/c1-5-2-3-7-6(4-5)8(10(16)14-7)9-11(17)15(13)12(18)19-9/h2-4,17H,13H2,1H3. The summed E-state index contributed by atoms with van der Waals surface area (Å²) in [6.07, 6.45) is 0. The normalized spacial score (nSPS) is 13.5. The molecule has 0 bridgehead atoms. The van der Waals surface area contributed by atoms with E-state index in [4.69, 9.17) is 18.1 Å². The van der Waals surface area contributed by atoms with Gasteiger partial charge in [0.2, 0.25) is 5.88 Å². The van der Waals surface area contributed by atoms with Crippen molar-refractivity contribution in [2.45, 2.75) is 6.92 Å². The molecular weight excluding hydrogens is 282 g/mol. The van der Waals surface area contributed by atoms with Crippen LogP contribution in [-0.2, 0) is 4.79 Å². The summed E-state index contributed by atoms with van der Waals surface area (Å²) < 4.78 is 1.29. The fourth-order valence-electron chi connectivity index (χ4n) is 1.99. The van der Waals surface area contributed by atoms with Crippen LogP contribution in [0.2, 0.25) is 0 Å². The first kappa shape index (κ1) is 12.1. The smallest absolute Gasteiger partial charge is 0.279 e. The summed E-state index contributed by atoms with van der Waals surface area (Å²) in [5, 5.41) is 11.3. The van der Waals surface area contributed by atoms with Crippen molar-refractivity contribution >= 4 is 35.0 Å². The van der Waals surface area contributed by atoms with Crippen molar-refractivity contribution in [3.05, 3.63) is 43.2 Å². The van der Waals surface area contributed by atoms with Crippen LogP contribution in [0.4, 0.5) is 0 Å². The second-order valence-corrected chi connectivity index (χ2v) is 5.85. The zero-order valence-electron chi connectivity index (χ0n) is 9.88. The summed E-state index contributed by atoms with van der Waals surface area (Å²) in [6.45, 7) is 1.93. The molecule has 0 radical (unpaired) electrons. The van der Waals surface area contributed by atoms with E-state index in [0.717, 1.165) is 21.6 Å². The van der Waals surface area contributed by atoms with Gasteiger partial charge in [0.05, 0.1) is 10.9 Å². The molecule has 0 saturated heterocycles. The summed E-state index contributed by atoms with van der Waals surface area (Å²) in [6, 6.07) is 5.53. The molecule has 5 nitrogen and oxygen atoms in total. The van der Waals surface area contributed by atoms with Gasteiger partial charge in [-0.15, -0.1) is 0 Å². The van der Waals surface area contributed by atoms with Crippen molar-refractivity contribution < 1.29 is 9.90 Å². The Morgan fingerprint density at radius 2 is 2.21 bits per heavy atom. The second kappa shape index (κ2) is 4.01. The van der Waals surface area contributed by atoms with E-state index in [1.807, 2.05) is 19.1 Å². The molecule has 3 N–H and O–H groups in total. The third kappa shape index (κ3) is 1.70. The number of aromatic hydroxyl groups is 1. The van der Waals surface area contributed by atoms with Crippen LogP contribution in [0.15, 0.2) is 23.2 Å². The number of carbonyl (C=O) groups is 1. The largest absolute Gasteiger partial charge is 0.492 e. The lowest BCUT2D eigenvalue weighted by Crippen LogP contribution is -2.23. The van der Waals surface area contributed by atoms with Crippen molar-refractivity contribution in [3.8, 4) is 5.88 Å². The predicted octanol–water partition coefficient (Wildman–Crippen LogP) is 0.366. The molecule has 1 aliphatic heterocycles. The molecule has 2 heterocycles. The highest BCUT2D eigenvalue weighted by molar-refractivity contribution is 7.73. The van der Waals surface area contributed by atoms with E-state index < -0.39 is 0 Å². The van der Waals surface area contributed by atoms with Gasteiger partial charge < -0.3 is 10.9 Å². The van der Waals surface area contributed by atoms with Crippen molar-refractivity contribution in [2.75, 3.05) is 5.84 Å². The minimum Gasteiger partial charge on any atom is -0.492 e. The molecule has 1 aromatic carbocycles. The van der Waals surface area contributed by atoms with Crippen molar-refractivity contribution in [1.29, 1.82) is 0 Å². The molecule has 1 aliphatic rings. The van der Waals surface area contributed by atoms with E-state index in [2.05, 4.69) is 4.99 Å². The second-order valence-electron chi connectivity index (χ2n) is 4.20. The monoisotopic (exact) mass is 291 g/mol. The van der Waals surface area contributed by atoms with E-state index in [1.54, 1.807) is 6.07 Å². The maximum atomic E-state index is 12.0. The predicted molar refractivity (Wildman–Crippen MR) is 74.4 cm³/mol. The van der Waals surface area contributed by atoms with E-state index >= 15 is 0 Å². The number of carbonyl (C=O) groups excluding carboxylic acids is 1. The average molecular weight is 291 g/mol. The zero-order chi connectivity index (χ0) is 13.7. The van der Waals surface area contributed by atoms with Gasteiger partial charge >= 0.3 is 0 Å². The van der Waals surface area contributed by atoms with Gasteiger partial charge in [0, 0.05) is 5.22 Å². The summed E-state index contributed by atoms with van der Waals surface area (Å²) in [5.41, 5.74) is 1.37. The third-order valence-corrected chi connectivity index (χ3v) is 4.31. The maximum absolute atomic E-state index is 12.0. The zero-order valence-corrected chi connectivity index (χ0v) is 11.5. The Hall–Kier alpha value is -1.99. The number of amides is 1. The number of hydrogen-bond donors (Lipinski definition) is 2. The lowest BCUT2D eigenvalue weighted by molar-refractivity contribution is -0.112. The third-order valence-electron chi connectivity index (χ3n) is 2.90. The molecular formula is C12H9N3O2S2. The lowest BCUT2D eigenvalue weighted by Gasteiger charge is -1.98. The van der Waals surface area contributed by atoms with Crippen LogP contribution in [0.1, 0.15) is 10.4 Å². The number of aryl methyl sites for hydroxylation is 1. The number of benzene rings is 1. The van der Waals surface area contributed by atoms with E-state index in [-0.39, 0.29) is 11.8 Å². The fourth-order valence-corrected chi connectivity index (χ4v) is 3.17. The topological polar surface area (TPSA) is 80.6 Å². The molecule has 96 valence electrons. The van der Waals surface area contributed by atoms with Gasteiger partial charge in [0.25, 0.3) is 5.91 Å². The summed E-state index contributed by atoms with van der Waals surface area (Å²) >= 11 is 6.10. The first-order chi connectivity index (χ1) is 8.99. The van der Waals surface area contributed by atoms with Crippen LogP contribution < -0.4 is 16.4 Å². The number of hydrogen-bond acceptors (Lipinski definition) is 5. The van der Waals surface area contributed by atoms with Crippen LogP contribution in [0, 0.1) is 10.9 Å². The minimum absolute atomic E-state index is 0.206. The van der Waals surface area contributed by atoms with Gasteiger partial charge in [0.1, 0.15) is 4.88 Å². The highest BCUT2D eigenvalue weighted by atomic mass is 32.1. The molecule has 0 unspecified atom stereocenters. The molecule has 1 amide bonds. The number of thiazole rings is 1. The number of nitrogens with two attached hydrogens (primary N) is 1. The number of fused-ring (bicyclic) bond motifs is 1. The van der Waals surface area contributed by atoms with Crippen LogP contribution in [0.5, 0.6) is 5.88 Å². The highest BCUT2D eigenvalue weighted by Gasteiger charge is 2.24. The molecule has 0 atom stereocenters. The van der Waals surface area contributed by atoms with Crippen LogP contribution in [-0.4, -0.2) is 15.7 Å². The number of nitrogens with zero attached hydrogens (tertiary/aromatic N) is 2. The first-order valence-corrected chi connectivity index (χ1v) is 6.66. The Balaban J connectivity index is 2.45. The Kier molecular flexibility index (Phi) is 2.54. The lowest BCUT2D eigenvalue weighted by atomic mass is 10.1. The fraction of sp³-hybridized carbons (Fsp3) is 0.0833. The van der Waals surface area contributed by atoms with Crippen LogP contribution in [0.3, 0.4) is 0 Å². The van der Waals surface area contributed by atoms with E-state index in [0.29, 0.717) is 25.0 Å². The highest BCUT2D eigenvalue weighted by Crippen LogP contribution is 2.30. The van der Waals surface area contributed by atoms with Crippen LogP contribution >= 0.6 is 23.6 Å². The molecule has 0 aliphatic carbocycles. The van der Waals surface area contributed by atoms with Gasteiger partial charge in [-0.3, -0.25) is 4.79 Å². The van der Waals surface area contributed by atoms with Gasteiger partial charge in [-0.2, -0.15) is 0 Å². The molecule has 1 aromatic heterocycles. The van der Waals surface area contributed by atoms with Crippen molar-refractivity contribution in [1.82, 2.24) is 4.68 Å². The average Bonchev–Trinajstić information content (AvgIpc) is 2.80. The van der Waals surface area contributed by atoms with Gasteiger partial charge in [-0.1, -0.05) is 23.0 Å². The molecule has 7 heteroatoms. The molecule has 3 rings (SSSR count). The van der Waals surface area contributed by atoms with Gasteiger partial charge in [0.15, 0.2) is 3.95 Å². The molecule has 19 heavy (non-hydrogen) atoms. The summed E-state index contributed by atoms with van der Waals surface area (Å²) in [4.78, 5) is 16.4. The molecule has 0 spiro atoms. The minimum atomic E-state index is -0.382. The van der Waals surface area contributed by atoms with Crippen LogP contribution in [0.25, 0.3) is 5.57 Å². The van der Waals surface area contributed by atoms with E-state index in [1.165, 1.54) is 0 Å².